The molecule has 0 spiro atoms. The molecule has 2 amide bonds. The second kappa shape index (κ2) is 13.2. The smallest absolute Gasteiger partial charge is 0.326 e. The van der Waals surface area contributed by atoms with E-state index < -0.39 is 21.9 Å². The van der Waals surface area contributed by atoms with Gasteiger partial charge < -0.3 is 9.64 Å². The standard InChI is InChI=1S/C30H34Cl2N6O4S/c1-4-42-29-25(19-33-20(2)34-29)28-35-26(21-5-9-23(31)10-6-21)27(22-7-11-24(32)12-8-22)38(28)30(39)37-15-13-36(14-16-37)17-18-43(3,40)41/h5-12,19,26-27H,4,13-18H2,1-3H3/t26-,27+/m1/s1. The normalized spacial score (nSPS) is 19.4. The number of carbonyl (C=O) groups excluding carboxylic acids is 1. The Labute approximate surface area is 262 Å². The number of aromatic nitrogens is 2. The van der Waals surface area contributed by atoms with Gasteiger partial charge in [0.25, 0.3) is 0 Å². The molecule has 1 aromatic heterocycles. The number of rotatable bonds is 8. The minimum atomic E-state index is -3.08. The third-order valence-electron chi connectivity index (χ3n) is 7.51. The van der Waals surface area contributed by atoms with E-state index >= 15 is 0 Å². The molecular weight excluding hydrogens is 611 g/mol. The number of halogens is 2. The van der Waals surface area contributed by atoms with Crippen molar-refractivity contribution in [2.24, 2.45) is 4.99 Å². The molecule has 0 aliphatic carbocycles. The van der Waals surface area contributed by atoms with Gasteiger partial charge >= 0.3 is 6.03 Å². The van der Waals surface area contributed by atoms with Gasteiger partial charge in [0.1, 0.15) is 27.5 Å². The lowest BCUT2D eigenvalue weighted by atomic mass is 9.94. The second-order valence-corrected chi connectivity index (χ2v) is 13.8. The van der Waals surface area contributed by atoms with Crippen molar-refractivity contribution < 1.29 is 17.9 Å². The van der Waals surface area contributed by atoms with Crippen LogP contribution >= 0.6 is 23.2 Å². The summed E-state index contributed by atoms with van der Waals surface area (Å²) in [4.78, 5) is 34.2. The minimum absolute atomic E-state index is 0.0823. The minimum Gasteiger partial charge on any atom is -0.477 e. The van der Waals surface area contributed by atoms with Crippen molar-refractivity contribution >= 4 is 44.9 Å². The Bertz CT molecular complexity index is 1590. The lowest BCUT2D eigenvalue weighted by Gasteiger charge is -2.39. The molecule has 43 heavy (non-hydrogen) atoms. The highest BCUT2D eigenvalue weighted by atomic mass is 35.5. The van der Waals surface area contributed by atoms with Crippen molar-refractivity contribution in [3.63, 3.8) is 0 Å². The van der Waals surface area contributed by atoms with Gasteiger partial charge in [0.05, 0.1) is 24.0 Å². The quantitative estimate of drug-likeness (QED) is 0.346. The summed E-state index contributed by atoms with van der Waals surface area (Å²) in [6.07, 6.45) is 2.89. The first-order chi connectivity index (χ1) is 20.5. The molecule has 10 nitrogen and oxygen atoms in total. The van der Waals surface area contributed by atoms with Gasteiger partial charge in [0.2, 0.25) is 5.88 Å². The van der Waals surface area contributed by atoms with Crippen molar-refractivity contribution in [1.29, 1.82) is 0 Å². The van der Waals surface area contributed by atoms with Crippen molar-refractivity contribution in [2.75, 3.05) is 51.3 Å². The Hall–Kier alpha value is -3.25. The van der Waals surface area contributed by atoms with Crippen molar-refractivity contribution in [2.45, 2.75) is 25.9 Å². The number of hydrogen-bond donors (Lipinski definition) is 0. The summed E-state index contributed by atoms with van der Waals surface area (Å²) in [5.41, 5.74) is 2.26. The summed E-state index contributed by atoms with van der Waals surface area (Å²) >= 11 is 12.5. The van der Waals surface area contributed by atoms with Crippen LogP contribution < -0.4 is 4.74 Å². The largest absolute Gasteiger partial charge is 0.477 e. The van der Waals surface area contributed by atoms with E-state index in [0.29, 0.717) is 72.5 Å². The Morgan fingerprint density at radius 3 is 2.16 bits per heavy atom. The number of carbonyl (C=O) groups is 1. The average molecular weight is 646 g/mol. The number of ether oxygens (including phenoxy) is 1. The first kappa shape index (κ1) is 31.2. The maximum Gasteiger partial charge on any atom is 0.326 e. The maximum atomic E-state index is 14.6. The molecule has 2 aliphatic rings. The Morgan fingerprint density at radius 1 is 0.977 bits per heavy atom. The van der Waals surface area contributed by atoms with Crippen LogP contribution in [0.1, 0.15) is 41.5 Å². The zero-order chi connectivity index (χ0) is 30.7. The summed E-state index contributed by atoms with van der Waals surface area (Å²) in [6, 6.07) is 13.7. The zero-order valence-corrected chi connectivity index (χ0v) is 26.6. The topological polar surface area (TPSA) is 108 Å². The molecule has 0 bridgehead atoms. The van der Waals surface area contributed by atoms with Gasteiger partial charge in [-0.25, -0.2) is 18.2 Å². The summed E-state index contributed by atoms with van der Waals surface area (Å²) in [5.74, 6) is 1.38. The van der Waals surface area contributed by atoms with Gasteiger partial charge in [0, 0.05) is 55.2 Å². The van der Waals surface area contributed by atoms with Gasteiger partial charge in [-0.2, -0.15) is 4.98 Å². The first-order valence-corrected chi connectivity index (χ1v) is 16.9. The third kappa shape index (κ3) is 7.29. The zero-order valence-electron chi connectivity index (χ0n) is 24.3. The lowest BCUT2D eigenvalue weighted by molar-refractivity contribution is 0.122. The van der Waals surface area contributed by atoms with Crippen LogP contribution in [0.5, 0.6) is 5.88 Å². The highest BCUT2D eigenvalue weighted by Crippen LogP contribution is 2.45. The molecule has 0 radical (unpaired) electrons. The number of benzene rings is 2. The number of nitrogens with zero attached hydrogens (tertiary/aromatic N) is 6. The van der Waals surface area contributed by atoms with Gasteiger partial charge in [-0.3, -0.25) is 14.8 Å². The van der Waals surface area contributed by atoms with E-state index in [1.165, 1.54) is 6.26 Å². The van der Waals surface area contributed by atoms with Gasteiger partial charge in [-0.1, -0.05) is 47.5 Å². The van der Waals surface area contributed by atoms with Gasteiger partial charge in [-0.05, 0) is 49.2 Å². The van der Waals surface area contributed by atoms with Crippen molar-refractivity contribution in [3.05, 3.63) is 87.3 Å². The molecule has 2 atom stereocenters. The fraction of sp³-hybridized carbons (Fsp3) is 0.400. The van der Waals surface area contributed by atoms with E-state index in [0.717, 1.165) is 11.1 Å². The van der Waals surface area contributed by atoms with Crippen LogP contribution in [0.4, 0.5) is 4.79 Å². The van der Waals surface area contributed by atoms with E-state index in [2.05, 4.69) is 14.9 Å². The molecule has 2 aliphatic heterocycles. The fourth-order valence-electron chi connectivity index (χ4n) is 5.31. The summed E-state index contributed by atoms with van der Waals surface area (Å²) in [7, 11) is -3.08. The number of amidine groups is 1. The van der Waals surface area contributed by atoms with Crippen LogP contribution in [-0.4, -0.2) is 96.3 Å². The summed E-state index contributed by atoms with van der Waals surface area (Å²) in [5, 5.41) is 1.18. The van der Waals surface area contributed by atoms with Crippen LogP contribution in [0, 0.1) is 6.92 Å². The number of hydrogen-bond acceptors (Lipinski definition) is 8. The molecular formula is C30H34Cl2N6O4S. The molecule has 13 heteroatoms. The molecule has 0 N–H and O–H groups in total. The highest BCUT2D eigenvalue weighted by molar-refractivity contribution is 7.90. The Morgan fingerprint density at radius 2 is 1.58 bits per heavy atom. The first-order valence-electron chi connectivity index (χ1n) is 14.1. The SMILES string of the molecule is CCOc1nc(C)ncc1C1=N[C@H](c2ccc(Cl)cc2)[C@H](c2ccc(Cl)cc2)N1C(=O)N1CCN(CCS(C)(=O)=O)CC1. The van der Waals surface area contributed by atoms with Gasteiger partial charge in [0.15, 0.2) is 0 Å². The molecule has 1 fully saturated rings. The molecule has 0 saturated carbocycles. The fourth-order valence-corrected chi connectivity index (χ4v) is 6.16. The molecule has 1 saturated heterocycles. The number of piperazine rings is 1. The maximum absolute atomic E-state index is 14.6. The Kier molecular flexibility index (Phi) is 9.55. The highest BCUT2D eigenvalue weighted by Gasteiger charge is 2.45. The molecule has 2 aromatic carbocycles. The molecule has 3 aromatic rings. The molecule has 0 unspecified atom stereocenters. The molecule has 5 rings (SSSR count). The van der Waals surface area contributed by atoms with Crippen molar-refractivity contribution in [3.8, 4) is 5.88 Å². The van der Waals surface area contributed by atoms with E-state index in [9.17, 15) is 13.2 Å². The molecule has 228 valence electrons. The summed E-state index contributed by atoms with van der Waals surface area (Å²) < 4.78 is 29.3. The van der Waals surface area contributed by atoms with Crippen LogP contribution in [0.2, 0.25) is 10.0 Å². The predicted molar refractivity (Wildman–Crippen MR) is 168 cm³/mol. The van der Waals surface area contributed by atoms with Crippen molar-refractivity contribution in [1.82, 2.24) is 24.7 Å². The summed E-state index contributed by atoms with van der Waals surface area (Å²) in [6.45, 7) is 6.46. The van der Waals surface area contributed by atoms with Crippen LogP contribution in [-0.2, 0) is 9.84 Å². The van der Waals surface area contributed by atoms with Crippen LogP contribution in [0.25, 0.3) is 0 Å². The third-order valence-corrected chi connectivity index (χ3v) is 8.94. The monoisotopic (exact) mass is 644 g/mol. The number of aliphatic imine (C=N–C) groups is 1. The van der Waals surface area contributed by atoms with E-state index in [1.54, 1.807) is 35.1 Å². The lowest BCUT2D eigenvalue weighted by Crippen LogP contribution is -2.54. The van der Waals surface area contributed by atoms with E-state index in [-0.39, 0.29) is 11.8 Å². The van der Waals surface area contributed by atoms with Crippen LogP contribution in [0.3, 0.4) is 0 Å². The number of amides is 2. The average Bonchev–Trinajstić information content (AvgIpc) is 3.37. The Balaban J connectivity index is 1.57. The molecule has 3 heterocycles. The second-order valence-electron chi connectivity index (χ2n) is 10.6. The van der Waals surface area contributed by atoms with E-state index in [4.69, 9.17) is 32.9 Å². The van der Waals surface area contributed by atoms with E-state index in [1.807, 2.05) is 43.3 Å². The van der Waals surface area contributed by atoms with Crippen LogP contribution in [0.15, 0.2) is 59.7 Å². The number of sulfone groups is 1. The number of aryl methyl sites for hydroxylation is 1. The number of urea groups is 1. The predicted octanol–water partition coefficient (Wildman–Crippen LogP) is 4.82. The van der Waals surface area contributed by atoms with Gasteiger partial charge in [-0.15, -0.1) is 0 Å².